The van der Waals surface area contributed by atoms with Gasteiger partial charge in [0.05, 0.1) is 22.8 Å². The summed E-state index contributed by atoms with van der Waals surface area (Å²) < 4.78 is 56.1. The second-order valence-corrected chi connectivity index (χ2v) is 11.6. The van der Waals surface area contributed by atoms with Crippen LogP contribution < -0.4 is 15.5 Å². The first-order valence-electron chi connectivity index (χ1n) is 12.8. The van der Waals surface area contributed by atoms with Crippen molar-refractivity contribution in [2.45, 2.75) is 52.3 Å². The van der Waals surface area contributed by atoms with Gasteiger partial charge < -0.3 is 15.3 Å². The highest BCUT2D eigenvalue weighted by molar-refractivity contribution is 7.10. The predicted molar refractivity (Wildman–Crippen MR) is 151 cm³/mol. The van der Waals surface area contributed by atoms with Gasteiger partial charge in [-0.05, 0) is 44.5 Å². The van der Waals surface area contributed by atoms with E-state index in [0.717, 1.165) is 17.1 Å². The van der Waals surface area contributed by atoms with E-state index in [2.05, 4.69) is 20.7 Å². The number of hydrogen-bond donors (Lipinski definition) is 3. The highest BCUT2D eigenvalue weighted by Crippen LogP contribution is 2.54. The number of amides is 2. The quantitative estimate of drug-likeness (QED) is 0.207. The number of nitrogens with one attached hydrogen (secondary N) is 2. The number of urea groups is 1. The molecule has 2 amide bonds. The molecule has 3 heterocycles. The fraction of sp³-hybridized carbons (Fsp3) is 0.321. The number of anilines is 4. The van der Waals surface area contributed by atoms with Gasteiger partial charge in [-0.1, -0.05) is 26.0 Å². The number of benzene rings is 2. The first-order chi connectivity index (χ1) is 19.2. The molecule has 0 unspecified atom stereocenters. The number of carbonyl (C=O) groups is 1. The Labute approximate surface area is 237 Å². The van der Waals surface area contributed by atoms with Crippen LogP contribution in [0.15, 0.2) is 41.8 Å². The van der Waals surface area contributed by atoms with Crippen molar-refractivity contribution in [2.75, 3.05) is 22.1 Å². The smallest absolute Gasteiger partial charge is 0.443 e. The van der Waals surface area contributed by atoms with Crippen LogP contribution in [0.4, 0.5) is 45.2 Å². The van der Waals surface area contributed by atoms with Crippen molar-refractivity contribution >= 4 is 40.2 Å². The van der Waals surface area contributed by atoms with Crippen LogP contribution in [0.25, 0.3) is 11.3 Å². The first kappa shape index (κ1) is 28.4. The lowest BCUT2D eigenvalue weighted by molar-refractivity contribution is -0.137. The normalized spacial score (nSPS) is 14.4. The van der Waals surface area contributed by atoms with E-state index in [-0.39, 0.29) is 17.6 Å². The number of aromatic hydroxyl groups is 1. The minimum Gasteiger partial charge on any atom is -0.506 e. The zero-order valence-corrected chi connectivity index (χ0v) is 23.7. The van der Waals surface area contributed by atoms with E-state index in [4.69, 9.17) is 0 Å². The van der Waals surface area contributed by atoms with E-state index >= 15 is 4.39 Å². The highest BCUT2D eigenvalue weighted by Gasteiger charge is 2.42. The molecule has 1 aliphatic rings. The number of rotatable bonds is 5. The number of fused-ring (bicyclic) bond motifs is 1. The van der Waals surface area contributed by atoms with Crippen LogP contribution in [0.1, 0.15) is 50.0 Å². The van der Waals surface area contributed by atoms with Gasteiger partial charge in [-0.15, -0.1) is 11.3 Å². The average molecular weight is 589 g/mol. The predicted octanol–water partition coefficient (Wildman–Crippen LogP) is 7.83. The van der Waals surface area contributed by atoms with Crippen molar-refractivity contribution in [2.24, 2.45) is 0 Å². The van der Waals surface area contributed by atoms with E-state index in [1.807, 2.05) is 45.4 Å². The summed E-state index contributed by atoms with van der Waals surface area (Å²) >= 11 is 0.374. The largest absolute Gasteiger partial charge is 0.506 e. The molecular formula is C28H28F4N6O2S. The molecule has 3 N–H and O–H groups in total. The number of phenols is 1. The van der Waals surface area contributed by atoms with Crippen LogP contribution in [0, 0.1) is 12.7 Å². The third-order valence-corrected chi connectivity index (χ3v) is 7.72. The van der Waals surface area contributed by atoms with Gasteiger partial charge in [0.1, 0.15) is 17.4 Å². The number of para-hydroxylation sites is 2. The standard InChI is InChI=1S/C28H28F4N6O2S/c1-14(2)38-15(3)10-18(36-38)22-16(29)11-20(39)24-23(22)27(4,5)13-37(24)19-9-7-6-8-17(19)33-26(40)35-21-12-41-25(34-21)28(30,31)32/h6-12,14,39H,13H2,1-5H3,(H2,33,35,40). The lowest BCUT2D eigenvalue weighted by Gasteiger charge is -2.25. The van der Waals surface area contributed by atoms with Crippen molar-refractivity contribution in [3.05, 3.63) is 63.9 Å². The van der Waals surface area contributed by atoms with Crippen molar-refractivity contribution < 1.29 is 27.5 Å². The number of hydrogen-bond acceptors (Lipinski definition) is 6. The Kier molecular flexibility index (Phi) is 6.96. The van der Waals surface area contributed by atoms with Gasteiger partial charge >= 0.3 is 12.2 Å². The average Bonchev–Trinajstić information content (AvgIpc) is 3.56. The van der Waals surface area contributed by atoms with Crippen LogP contribution in [-0.2, 0) is 11.6 Å². The number of carbonyl (C=O) groups excluding carboxylic acids is 1. The van der Waals surface area contributed by atoms with Crippen molar-refractivity contribution in [3.63, 3.8) is 0 Å². The molecule has 13 heteroatoms. The Hall–Kier alpha value is -4.13. The van der Waals surface area contributed by atoms with E-state index < -0.39 is 28.4 Å². The van der Waals surface area contributed by atoms with Crippen LogP contribution in [0.3, 0.4) is 0 Å². The van der Waals surface area contributed by atoms with Gasteiger partial charge in [0.25, 0.3) is 0 Å². The number of alkyl halides is 3. The summed E-state index contributed by atoms with van der Waals surface area (Å²) in [5.41, 5.74) is 2.74. The SMILES string of the molecule is Cc1cc(-c2c(F)cc(O)c3c2C(C)(C)CN3c2ccccc2NC(=O)Nc2csc(C(F)(F)F)n2)nn1C(C)C. The molecular weight excluding hydrogens is 560 g/mol. The molecule has 4 aromatic rings. The lowest BCUT2D eigenvalue weighted by Crippen LogP contribution is -2.27. The summed E-state index contributed by atoms with van der Waals surface area (Å²) in [6.45, 7) is 10.1. The third-order valence-electron chi connectivity index (χ3n) is 6.83. The number of aryl methyl sites for hydroxylation is 1. The molecule has 0 fully saturated rings. The molecule has 2 aromatic heterocycles. The van der Waals surface area contributed by atoms with E-state index in [0.29, 0.717) is 51.8 Å². The van der Waals surface area contributed by atoms with Crippen molar-refractivity contribution in [1.29, 1.82) is 0 Å². The van der Waals surface area contributed by atoms with E-state index in [1.165, 1.54) is 0 Å². The summed E-state index contributed by atoms with van der Waals surface area (Å²) in [7, 11) is 0. The number of halogens is 4. The molecule has 2 aromatic carbocycles. The molecule has 41 heavy (non-hydrogen) atoms. The molecule has 0 aliphatic carbocycles. The number of nitrogens with zero attached hydrogens (tertiary/aromatic N) is 4. The Morgan fingerprint density at radius 1 is 1.17 bits per heavy atom. The molecule has 0 radical (unpaired) electrons. The van der Waals surface area contributed by atoms with Crippen LogP contribution >= 0.6 is 11.3 Å². The zero-order chi connectivity index (χ0) is 29.9. The Morgan fingerprint density at radius 2 is 1.88 bits per heavy atom. The summed E-state index contributed by atoms with van der Waals surface area (Å²) in [4.78, 5) is 18.0. The summed E-state index contributed by atoms with van der Waals surface area (Å²) in [6, 6.07) is 8.93. The Bertz CT molecular complexity index is 1640. The zero-order valence-electron chi connectivity index (χ0n) is 22.9. The second-order valence-electron chi connectivity index (χ2n) is 10.8. The fourth-order valence-corrected chi connectivity index (χ4v) is 5.87. The van der Waals surface area contributed by atoms with Gasteiger partial charge in [-0.25, -0.2) is 14.2 Å². The monoisotopic (exact) mass is 588 g/mol. The van der Waals surface area contributed by atoms with Crippen molar-refractivity contribution in [3.8, 4) is 17.0 Å². The Morgan fingerprint density at radius 3 is 2.51 bits per heavy atom. The van der Waals surface area contributed by atoms with Crippen LogP contribution in [-0.4, -0.2) is 32.4 Å². The molecule has 5 rings (SSSR count). The summed E-state index contributed by atoms with van der Waals surface area (Å²) in [6.07, 6.45) is -4.62. The highest BCUT2D eigenvalue weighted by atomic mass is 32.1. The molecule has 1 aliphatic heterocycles. The maximum absolute atomic E-state index is 15.6. The second kappa shape index (κ2) is 10.1. The summed E-state index contributed by atoms with van der Waals surface area (Å²) in [5, 5.41) is 20.7. The Balaban J connectivity index is 1.53. The van der Waals surface area contributed by atoms with Crippen LogP contribution in [0.2, 0.25) is 0 Å². The lowest BCUT2D eigenvalue weighted by atomic mass is 9.82. The maximum atomic E-state index is 15.6. The van der Waals surface area contributed by atoms with E-state index in [1.54, 1.807) is 29.2 Å². The van der Waals surface area contributed by atoms with E-state index in [9.17, 15) is 23.1 Å². The molecule has 0 bridgehead atoms. The maximum Gasteiger partial charge on any atom is 0.443 e. The first-order valence-corrected chi connectivity index (χ1v) is 13.6. The summed E-state index contributed by atoms with van der Waals surface area (Å²) in [5.74, 6) is -1.11. The molecule has 0 atom stereocenters. The van der Waals surface area contributed by atoms with Gasteiger partial charge in [-0.2, -0.15) is 18.3 Å². The number of phenolic OH excluding ortho intramolecular Hbond substituents is 1. The van der Waals surface area contributed by atoms with Gasteiger partial charge in [-0.3, -0.25) is 10.00 Å². The minimum absolute atomic E-state index is 0.0647. The van der Waals surface area contributed by atoms with Crippen molar-refractivity contribution in [1.82, 2.24) is 14.8 Å². The minimum atomic E-state index is -4.62. The molecule has 216 valence electrons. The molecule has 0 saturated heterocycles. The number of thiazole rings is 1. The topological polar surface area (TPSA) is 95.3 Å². The van der Waals surface area contributed by atoms with Gasteiger partial charge in [0.2, 0.25) is 0 Å². The number of aromatic nitrogens is 3. The third kappa shape index (κ3) is 5.21. The molecule has 8 nitrogen and oxygen atoms in total. The fourth-order valence-electron chi connectivity index (χ4n) is 5.25. The van der Waals surface area contributed by atoms with Gasteiger partial charge in [0.15, 0.2) is 5.01 Å². The molecule has 0 saturated carbocycles. The van der Waals surface area contributed by atoms with Crippen LogP contribution in [0.5, 0.6) is 5.75 Å². The molecule has 0 spiro atoms. The van der Waals surface area contributed by atoms with Gasteiger partial charge in [0, 0.05) is 40.7 Å².